The second kappa shape index (κ2) is 12.2. The first kappa shape index (κ1) is 27.3. The van der Waals surface area contributed by atoms with Crippen LogP contribution >= 0.6 is 0 Å². The lowest BCUT2D eigenvalue weighted by Crippen LogP contribution is -2.33. The Morgan fingerprint density at radius 1 is 0.872 bits per heavy atom. The first-order valence-corrected chi connectivity index (χ1v) is 12.4. The maximum absolute atomic E-state index is 13.5. The van der Waals surface area contributed by atoms with Gasteiger partial charge in [0.1, 0.15) is 11.5 Å². The molecule has 0 aliphatic carbocycles. The lowest BCUT2D eigenvalue weighted by Gasteiger charge is -2.28. The minimum atomic E-state index is -0.869. The molecule has 1 atom stereocenters. The standard InChI is InChI=1S/C31H31NO7/c1-36-22-12-13-23(26(19-22)38-3)29-28(24(33)14-10-20-8-6-5-7-9-20)30(34)31(35)32(29)17-16-21-11-15-25(37-2)27(18-21)39-4/h5-15,18-19,29,34H,16-17H2,1-4H3/b14-10+/t29-/m0/s1. The van der Waals surface area contributed by atoms with Crippen molar-refractivity contribution in [3.63, 3.8) is 0 Å². The molecule has 39 heavy (non-hydrogen) atoms. The van der Waals surface area contributed by atoms with Gasteiger partial charge in [0.25, 0.3) is 5.91 Å². The Hall–Kier alpha value is -4.72. The molecular formula is C31H31NO7. The number of nitrogens with zero attached hydrogens (tertiary/aromatic N) is 1. The molecule has 202 valence electrons. The number of amides is 1. The van der Waals surface area contributed by atoms with Crippen molar-refractivity contribution in [3.05, 3.63) is 101 Å². The highest BCUT2D eigenvalue weighted by Crippen LogP contribution is 2.43. The Labute approximate surface area is 227 Å². The summed E-state index contributed by atoms with van der Waals surface area (Å²) in [6.07, 6.45) is 3.46. The minimum Gasteiger partial charge on any atom is -0.503 e. The van der Waals surface area contributed by atoms with Gasteiger partial charge in [0.15, 0.2) is 23.0 Å². The Morgan fingerprint density at radius 3 is 2.26 bits per heavy atom. The van der Waals surface area contributed by atoms with E-state index in [1.54, 1.807) is 44.6 Å². The summed E-state index contributed by atoms with van der Waals surface area (Å²) >= 11 is 0. The first-order chi connectivity index (χ1) is 18.9. The summed E-state index contributed by atoms with van der Waals surface area (Å²) < 4.78 is 21.7. The fraction of sp³-hybridized carbons (Fsp3) is 0.226. The third-order valence-electron chi connectivity index (χ3n) is 6.62. The van der Waals surface area contributed by atoms with Crippen molar-refractivity contribution < 1.29 is 33.6 Å². The molecular weight excluding hydrogens is 498 g/mol. The van der Waals surface area contributed by atoms with Gasteiger partial charge in [-0.25, -0.2) is 0 Å². The monoisotopic (exact) mass is 529 g/mol. The van der Waals surface area contributed by atoms with E-state index in [0.717, 1.165) is 11.1 Å². The van der Waals surface area contributed by atoms with E-state index in [1.807, 2.05) is 42.5 Å². The van der Waals surface area contributed by atoms with Crippen LogP contribution in [-0.2, 0) is 16.0 Å². The number of carbonyl (C=O) groups is 2. The number of hydrogen-bond donors (Lipinski definition) is 1. The number of aliphatic hydroxyl groups is 1. The summed E-state index contributed by atoms with van der Waals surface area (Å²) in [4.78, 5) is 28.3. The summed E-state index contributed by atoms with van der Waals surface area (Å²) in [6, 6.07) is 19.1. The third-order valence-corrected chi connectivity index (χ3v) is 6.62. The average Bonchev–Trinajstić information content (AvgIpc) is 3.23. The Kier molecular flexibility index (Phi) is 8.56. The SMILES string of the molecule is COc1ccc([C@H]2C(C(=O)/C=C/c3ccccc3)=C(O)C(=O)N2CCc2ccc(OC)c(OC)c2)c(OC)c1. The number of ether oxygens (including phenoxy) is 4. The maximum atomic E-state index is 13.5. The van der Waals surface area contributed by atoms with E-state index in [0.29, 0.717) is 35.0 Å². The van der Waals surface area contributed by atoms with Crippen molar-refractivity contribution in [2.24, 2.45) is 0 Å². The predicted molar refractivity (Wildman–Crippen MR) is 147 cm³/mol. The van der Waals surface area contributed by atoms with Gasteiger partial charge in [-0.15, -0.1) is 0 Å². The highest BCUT2D eigenvalue weighted by atomic mass is 16.5. The Balaban J connectivity index is 1.71. The van der Waals surface area contributed by atoms with Crippen molar-refractivity contribution in [3.8, 4) is 23.0 Å². The zero-order chi connectivity index (χ0) is 27.9. The molecule has 8 heteroatoms. The zero-order valence-electron chi connectivity index (χ0n) is 22.3. The molecule has 1 amide bonds. The van der Waals surface area contributed by atoms with Crippen LogP contribution in [0.3, 0.4) is 0 Å². The van der Waals surface area contributed by atoms with E-state index < -0.39 is 23.5 Å². The number of allylic oxidation sites excluding steroid dienone is 1. The van der Waals surface area contributed by atoms with Crippen molar-refractivity contribution in [1.29, 1.82) is 0 Å². The molecule has 4 rings (SSSR count). The summed E-state index contributed by atoms with van der Waals surface area (Å²) in [5.74, 6) is 0.469. The molecule has 3 aromatic rings. The molecule has 0 unspecified atom stereocenters. The molecule has 1 N–H and O–H groups in total. The highest BCUT2D eigenvalue weighted by molar-refractivity contribution is 6.14. The van der Waals surface area contributed by atoms with Gasteiger partial charge in [0.2, 0.25) is 0 Å². The molecule has 0 aromatic heterocycles. The second-order valence-electron chi connectivity index (χ2n) is 8.82. The van der Waals surface area contributed by atoms with E-state index in [1.165, 1.54) is 25.2 Å². The van der Waals surface area contributed by atoms with E-state index in [9.17, 15) is 14.7 Å². The molecule has 0 saturated heterocycles. The molecule has 1 aliphatic rings. The molecule has 3 aromatic carbocycles. The number of benzene rings is 3. The highest BCUT2D eigenvalue weighted by Gasteiger charge is 2.43. The second-order valence-corrected chi connectivity index (χ2v) is 8.82. The summed E-state index contributed by atoms with van der Waals surface area (Å²) in [6.45, 7) is 0.220. The van der Waals surface area contributed by atoms with Crippen LogP contribution in [0, 0.1) is 0 Å². The maximum Gasteiger partial charge on any atom is 0.290 e. The number of methoxy groups -OCH3 is 4. The van der Waals surface area contributed by atoms with Crippen LogP contribution in [0.15, 0.2) is 84.1 Å². The molecule has 0 bridgehead atoms. The van der Waals surface area contributed by atoms with Gasteiger partial charge >= 0.3 is 0 Å². The zero-order valence-corrected chi connectivity index (χ0v) is 22.3. The van der Waals surface area contributed by atoms with E-state index in [-0.39, 0.29) is 12.1 Å². The van der Waals surface area contributed by atoms with Crippen LogP contribution in [0.25, 0.3) is 6.08 Å². The van der Waals surface area contributed by atoms with Gasteiger partial charge in [-0.2, -0.15) is 0 Å². The molecule has 1 heterocycles. The van der Waals surface area contributed by atoms with Crippen LogP contribution in [-0.4, -0.2) is 56.7 Å². The Bertz CT molecular complexity index is 1410. The van der Waals surface area contributed by atoms with E-state index in [2.05, 4.69) is 0 Å². The number of aliphatic hydroxyl groups excluding tert-OH is 1. The lowest BCUT2D eigenvalue weighted by atomic mass is 9.94. The van der Waals surface area contributed by atoms with Crippen LogP contribution in [0.2, 0.25) is 0 Å². The molecule has 0 spiro atoms. The summed E-state index contributed by atoms with van der Waals surface area (Å²) in [5.41, 5.74) is 2.26. The molecule has 0 fully saturated rings. The first-order valence-electron chi connectivity index (χ1n) is 12.4. The van der Waals surface area contributed by atoms with Gasteiger partial charge in [-0.1, -0.05) is 42.5 Å². The van der Waals surface area contributed by atoms with Crippen LogP contribution < -0.4 is 18.9 Å². The Morgan fingerprint density at radius 2 is 1.59 bits per heavy atom. The number of carbonyl (C=O) groups excluding carboxylic acids is 2. The minimum absolute atomic E-state index is 0.0111. The summed E-state index contributed by atoms with van der Waals surface area (Å²) in [5, 5.41) is 11.0. The van der Waals surface area contributed by atoms with Crippen molar-refractivity contribution in [2.45, 2.75) is 12.5 Å². The van der Waals surface area contributed by atoms with Gasteiger partial charge in [-0.05, 0) is 47.9 Å². The quantitative estimate of drug-likeness (QED) is 0.352. The van der Waals surface area contributed by atoms with E-state index in [4.69, 9.17) is 18.9 Å². The van der Waals surface area contributed by atoms with Gasteiger partial charge in [0.05, 0.1) is 40.1 Å². The molecule has 1 aliphatic heterocycles. The lowest BCUT2D eigenvalue weighted by molar-refractivity contribution is -0.129. The average molecular weight is 530 g/mol. The van der Waals surface area contributed by atoms with Crippen molar-refractivity contribution in [1.82, 2.24) is 4.90 Å². The normalized spacial score (nSPS) is 15.1. The third kappa shape index (κ3) is 5.75. The molecule has 0 saturated carbocycles. The number of rotatable bonds is 11. The summed E-state index contributed by atoms with van der Waals surface area (Å²) in [7, 11) is 6.16. The van der Waals surface area contributed by atoms with Gasteiger partial charge in [0, 0.05) is 18.2 Å². The fourth-order valence-electron chi connectivity index (χ4n) is 4.62. The van der Waals surface area contributed by atoms with Gasteiger partial charge in [-0.3, -0.25) is 9.59 Å². The van der Waals surface area contributed by atoms with Gasteiger partial charge < -0.3 is 29.0 Å². The van der Waals surface area contributed by atoms with Crippen LogP contribution in [0.1, 0.15) is 22.7 Å². The predicted octanol–water partition coefficient (Wildman–Crippen LogP) is 4.94. The smallest absolute Gasteiger partial charge is 0.290 e. The number of hydrogen-bond acceptors (Lipinski definition) is 7. The molecule has 0 radical (unpaired) electrons. The number of ketones is 1. The van der Waals surface area contributed by atoms with Crippen LogP contribution in [0.5, 0.6) is 23.0 Å². The van der Waals surface area contributed by atoms with Crippen LogP contribution in [0.4, 0.5) is 0 Å². The largest absolute Gasteiger partial charge is 0.503 e. The van der Waals surface area contributed by atoms with Crippen molar-refractivity contribution >= 4 is 17.8 Å². The van der Waals surface area contributed by atoms with Crippen molar-refractivity contribution in [2.75, 3.05) is 35.0 Å². The van der Waals surface area contributed by atoms with E-state index >= 15 is 0 Å². The topological polar surface area (TPSA) is 94.5 Å². The molecule has 8 nitrogen and oxygen atoms in total. The fourth-order valence-corrected chi connectivity index (χ4v) is 4.62.